The van der Waals surface area contributed by atoms with Gasteiger partial charge in [0.1, 0.15) is 6.10 Å². The van der Waals surface area contributed by atoms with Gasteiger partial charge in [0.05, 0.1) is 0 Å². The molecule has 0 aliphatic rings. The third-order valence-corrected chi connectivity index (χ3v) is 2.59. The maximum Gasteiger partial charge on any atom is 0.278 e. The Morgan fingerprint density at radius 3 is 2.87 bits per heavy atom. The largest absolute Gasteiger partial charge is 0.370 e. The van der Waals surface area contributed by atoms with Crippen molar-refractivity contribution in [1.82, 2.24) is 4.57 Å². The third-order valence-electron chi connectivity index (χ3n) is 1.74. The Morgan fingerprint density at radius 2 is 2.47 bits per heavy atom. The summed E-state index contributed by atoms with van der Waals surface area (Å²) in [5.74, 6) is -0.340. The lowest BCUT2D eigenvalue weighted by molar-refractivity contribution is -0.127. The molecular weight excluding hydrogens is 238 g/mol. The minimum atomic E-state index is -0.642. The molecule has 0 fully saturated rings. The molecule has 0 aromatic carbocycles. The first kappa shape index (κ1) is 14.3. The SMILES string of the molecule is COC(CN)C(=O)N=c1sccn1C.Cl. The molecule has 0 aliphatic carbocycles. The van der Waals surface area contributed by atoms with Crippen molar-refractivity contribution in [3.05, 3.63) is 16.4 Å². The zero-order chi connectivity index (χ0) is 10.6. The summed E-state index contributed by atoms with van der Waals surface area (Å²) in [4.78, 5) is 16.0. The first-order valence-corrected chi connectivity index (χ1v) is 4.98. The van der Waals surface area contributed by atoms with Crippen molar-refractivity contribution >= 4 is 29.7 Å². The van der Waals surface area contributed by atoms with Gasteiger partial charge >= 0.3 is 0 Å². The average Bonchev–Trinajstić information content (AvgIpc) is 2.54. The van der Waals surface area contributed by atoms with E-state index in [2.05, 4.69) is 4.99 Å². The fourth-order valence-corrected chi connectivity index (χ4v) is 1.63. The first-order chi connectivity index (χ1) is 6.69. The van der Waals surface area contributed by atoms with Gasteiger partial charge in [0.15, 0.2) is 4.80 Å². The number of aromatic nitrogens is 1. The number of nitrogens with zero attached hydrogens (tertiary/aromatic N) is 2. The van der Waals surface area contributed by atoms with Gasteiger partial charge < -0.3 is 15.0 Å². The number of hydrogen-bond acceptors (Lipinski definition) is 4. The van der Waals surface area contributed by atoms with Gasteiger partial charge in [-0.3, -0.25) is 4.79 Å². The molecule has 15 heavy (non-hydrogen) atoms. The minimum absolute atomic E-state index is 0. The Balaban J connectivity index is 0.00000196. The molecule has 2 N–H and O–H groups in total. The molecule has 0 aliphatic heterocycles. The number of amides is 1. The summed E-state index contributed by atoms with van der Waals surface area (Å²) in [6, 6.07) is 0. The minimum Gasteiger partial charge on any atom is -0.370 e. The number of methoxy groups -OCH3 is 1. The maximum absolute atomic E-state index is 11.4. The van der Waals surface area contributed by atoms with E-state index in [4.69, 9.17) is 10.5 Å². The van der Waals surface area contributed by atoms with Crippen molar-refractivity contribution in [2.75, 3.05) is 13.7 Å². The van der Waals surface area contributed by atoms with E-state index in [1.165, 1.54) is 18.4 Å². The van der Waals surface area contributed by atoms with Gasteiger partial charge in [-0.1, -0.05) is 0 Å². The fraction of sp³-hybridized carbons (Fsp3) is 0.500. The van der Waals surface area contributed by atoms with E-state index in [1.807, 2.05) is 18.6 Å². The van der Waals surface area contributed by atoms with Crippen LogP contribution in [0.25, 0.3) is 0 Å². The van der Waals surface area contributed by atoms with E-state index in [-0.39, 0.29) is 24.9 Å². The zero-order valence-corrected chi connectivity index (χ0v) is 10.2. The smallest absolute Gasteiger partial charge is 0.278 e. The third kappa shape index (κ3) is 3.75. The average molecular weight is 252 g/mol. The highest BCUT2D eigenvalue weighted by molar-refractivity contribution is 7.07. The first-order valence-electron chi connectivity index (χ1n) is 4.10. The number of carbonyl (C=O) groups is 1. The van der Waals surface area contributed by atoms with Crippen LogP contribution in [0.15, 0.2) is 16.6 Å². The number of thiazole rings is 1. The van der Waals surface area contributed by atoms with Gasteiger partial charge in [-0.2, -0.15) is 4.99 Å². The normalized spacial score (nSPS) is 13.4. The Hall–Kier alpha value is -0.690. The number of nitrogens with two attached hydrogens (primary N) is 1. The van der Waals surface area contributed by atoms with Crippen molar-refractivity contribution in [2.45, 2.75) is 6.10 Å². The van der Waals surface area contributed by atoms with Crippen LogP contribution >= 0.6 is 23.7 Å². The van der Waals surface area contributed by atoms with Gasteiger partial charge in [-0.05, 0) is 0 Å². The summed E-state index contributed by atoms with van der Waals surface area (Å²) < 4.78 is 6.65. The van der Waals surface area contributed by atoms with Gasteiger partial charge in [-0.15, -0.1) is 23.7 Å². The van der Waals surface area contributed by atoms with E-state index in [0.29, 0.717) is 4.80 Å². The van der Waals surface area contributed by atoms with E-state index >= 15 is 0 Å². The van der Waals surface area contributed by atoms with Gasteiger partial charge in [0.25, 0.3) is 5.91 Å². The summed E-state index contributed by atoms with van der Waals surface area (Å²) >= 11 is 1.40. The number of rotatable bonds is 3. The van der Waals surface area contributed by atoms with E-state index in [0.717, 1.165) is 0 Å². The van der Waals surface area contributed by atoms with Crippen molar-refractivity contribution in [3.63, 3.8) is 0 Å². The van der Waals surface area contributed by atoms with Crippen LogP contribution < -0.4 is 10.5 Å². The summed E-state index contributed by atoms with van der Waals surface area (Å²) in [5.41, 5.74) is 5.34. The molecule has 5 nitrogen and oxygen atoms in total. The van der Waals surface area contributed by atoms with E-state index < -0.39 is 6.10 Å². The van der Waals surface area contributed by atoms with Crippen molar-refractivity contribution in [1.29, 1.82) is 0 Å². The molecule has 1 aromatic rings. The highest BCUT2D eigenvalue weighted by Gasteiger charge is 2.14. The zero-order valence-electron chi connectivity index (χ0n) is 8.54. The Morgan fingerprint density at radius 1 is 1.80 bits per heavy atom. The van der Waals surface area contributed by atoms with E-state index in [1.54, 1.807) is 4.57 Å². The molecular formula is C8H14ClN3O2S. The summed E-state index contributed by atoms with van der Waals surface area (Å²) in [5, 5.41) is 1.86. The standard InChI is InChI=1S/C8H13N3O2S.ClH/c1-11-3-4-14-8(11)10-7(12)6(5-9)13-2;/h3-4,6H,5,9H2,1-2H3;1H. The van der Waals surface area contributed by atoms with Crippen LogP contribution in [-0.4, -0.2) is 30.2 Å². The highest BCUT2D eigenvalue weighted by Crippen LogP contribution is 1.92. The van der Waals surface area contributed by atoms with Crippen LogP contribution in [0.2, 0.25) is 0 Å². The Kier molecular flexibility index (Phi) is 6.42. The number of aryl methyl sites for hydroxylation is 1. The molecule has 1 rings (SSSR count). The molecule has 1 atom stereocenters. The Bertz CT molecular complexity index is 370. The second-order valence-electron chi connectivity index (χ2n) is 2.71. The van der Waals surface area contributed by atoms with Crippen LogP contribution in [0.3, 0.4) is 0 Å². The predicted molar refractivity (Wildman–Crippen MR) is 61.0 cm³/mol. The predicted octanol–water partition coefficient (Wildman–Crippen LogP) is -0.0906. The van der Waals surface area contributed by atoms with E-state index in [9.17, 15) is 4.79 Å². The van der Waals surface area contributed by atoms with Crippen LogP contribution in [0, 0.1) is 0 Å². The van der Waals surface area contributed by atoms with Crippen LogP contribution in [-0.2, 0) is 16.6 Å². The van der Waals surface area contributed by atoms with Gasteiger partial charge in [-0.25, -0.2) is 0 Å². The van der Waals surface area contributed by atoms with Crippen LogP contribution in [0.4, 0.5) is 0 Å². The molecule has 0 bridgehead atoms. The molecule has 0 spiro atoms. The van der Waals surface area contributed by atoms with Crippen LogP contribution in [0.5, 0.6) is 0 Å². The second-order valence-corrected chi connectivity index (χ2v) is 3.58. The fourth-order valence-electron chi connectivity index (χ4n) is 0.899. The molecule has 1 aromatic heterocycles. The van der Waals surface area contributed by atoms with Crippen molar-refractivity contribution < 1.29 is 9.53 Å². The van der Waals surface area contributed by atoms with Crippen LogP contribution in [0.1, 0.15) is 0 Å². The number of carbonyl (C=O) groups excluding carboxylic acids is 1. The second kappa shape index (κ2) is 6.73. The molecule has 1 unspecified atom stereocenters. The lowest BCUT2D eigenvalue weighted by Crippen LogP contribution is -2.31. The molecule has 86 valence electrons. The lowest BCUT2D eigenvalue weighted by atomic mass is 10.3. The van der Waals surface area contributed by atoms with Gasteiger partial charge in [0.2, 0.25) is 0 Å². The topological polar surface area (TPSA) is 69.6 Å². The number of ether oxygens (including phenoxy) is 1. The summed E-state index contributed by atoms with van der Waals surface area (Å²) in [6.07, 6.45) is 1.19. The molecule has 1 heterocycles. The molecule has 0 radical (unpaired) electrons. The summed E-state index contributed by atoms with van der Waals surface area (Å²) in [7, 11) is 3.27. The molecule has 1 amide bonds. The highest BCUT2D eigenvalue weighted by atomic mass is 35.5. The maximum atomic E-state index is 11.4. The molecule has 7 heteroatoms. The molecule has 0 saturated heterocycles. The quantitative estimate of drug-likeness (QED) is 0.816. The monoisotopic (exact) mass is 251 g/mol. The van der Waals surface area contributed by atoms with Crippen molar-refractivity contribution in [3.8, 4) is 0 Å². The number of hydrogen-bond donors (Lipinski definition) is 1. The van der Waals surface area contributed by atoms with Gasteiger partial charge in [0, 0.05) is 32.3 Å². The Labute approximate surface area is 98.0 Å². The summed E-state index contributed by atoms with van der Waals surface area (Å²) in [6.45, 7) is 0.147. The lowest BCUT2D eigenvalue weighted by Gasteiger charge is -2.06. The number of halogens is 1. The van der Waals surface area contributed by atoms with Crippen molar-refractivity contribution in [2.24, 2.45) is 17.8 Å². The molecule has 0 saturated carbocycles.